The van der Waals surface area contributed by atoms with Crippen molar-refractivity contribution in [3.8, 4) is 0 Å². The lowest BCUT2D eigenvalue weighted by Crippen LogP contribution is -2.33. The normalized spacial score (nSPS) is 12.8. The van der Waals surface area contributed by atoms with Crippen LogP contribution in [0, 0.1) is 5.92 Å². The molecule has 1 unspecified atom stereocenters. The molecule has 0 amide bonds. The smallest absolute Gasteiger partial charge is 0.357 e. The van der Waals surface area contributed by atoms with E-state index < -0.39 is 0 Å². The van der Waals surface area contributed by atoms with Gasteiger partial charge in [-0.3, -0.25) is 0 Å². The van der Waals surface area contributed by atoms with Crippen LogP contribution in [0.4, 0.5) is 5.13 Å². The van der Waals surface area contributed by atoms with E-state index in [1.807, 2.05) is 0 Å². The molecule has 0 saturated carbocycles. The Labute approximate surface area is 125 Å². The number of hydrogen-bond acceptors (Lipinski definition) is 6. The third-order valence-electron chi connectivity index (χ3n) is 2.66. The summed E-state index contributed by atoms with van der Waals surface area (Å²) in [5.41, 5.74) is 0.382. The van der Waals surface area contributed by atoms with Gasteiger partial charge < -0.3 is 15.0 Å². The molecule has 1 N–H and O–H groups in total. The summed E-state index contributed by atoms with van der Waals surface area (Å²) in [7, 11) is 4.11. The Bertz CT molecular complexity index is 408. The number of aromatic nitrogens is 1. The molecule has 0 aliphatic heterocycles. The van der Waals surface area contributed by atoms with Crippen LogP contribution in [0.3, 0.4) is 0 Å². The summed E-state index contributed by atoms with van der Waals surface area (Å²) in [6.07, 6.45) is 1.06. The number of nitrogens with zero attached hydrogens (tertiary/aromatic N) is 2. The second-order valence-electron chi connectivity index (χ2n) is 5.49. The number of carbonyl (C=O) groups is 1. The van der Waals surface area contributed by atoms with E-state index in [1.165, 1.54) is 11.3 Å². The van der Waals surface area contributed by atoms with E-state index in [0.717, 1.165) is 18.1 Å². The first-order chi connectivity index (χ1) is 9.42. The van der Waals surface area contributed by atoms with Crippen LogP contribution >= 0.6 is 11.3 Å². The van der Waals surface area contributed by atoms with Gasteiger partial charge in [0, 0.05) is 18.0 Å². The van der Waals surface area contributed by atoms with Crippen molar-refractivity contribution >= 4 is 22.4 Å². The Kier molecular flexibility index (Phi) is 6.95. The van der Waals surface area contributed by atoms with Gasteiger partial charge in [0.2, 0.25) is 0 Å². The highest BCUT2D eigenvalue weighted by molar-refractivity contribution is 7.13. The van der Waals surface area contributed by atoms with Crippen LogP contribution in [0.2, 0.25) is 0 Å². The Morgan fingerprint density at radius 2 is 2.20 bits per heavy atom. The number of likely N-dealkylation sites (N-methyl/N-ethyl adjacent to an activating group) is 1. The first kappa shape index (κ1) is 16.9. The molecule has 0 spiro atoms. The highest BCUT2D eigenvalue weighted by Crippen LogP contribution is 2.19. The van der Waals surface area contributed by atoms with Gasteiger partial charge in [0.05, 0.1) is 6.61 Å². The van der Waals surface area contributed by atoms with E-state index in [2.05, 4.69) is 43.1 Å². The van der Waals surface area contributed by atoms with Gasteiger partial charge in [-0.2, -0.15) is 0 Å². The summed E-state index contributed by atoms with van der Waals surface area (Å²) >= 11 is 1.44. The van der Waals surface area contributed by atoms with Crippen molar-refractivity contribution in [3.05, 3.63) is 11.1 Å². The predicted molar refractivity (Wildman–Crippen MR) is 83.5 cm³/mol. The number of rotatable bonds is 8. The van der Waals surface area contributed by atoms with Crippen molar-refractivity contribution in [1.29, 1.82) is 0 Å². The largest absolute Gasteiger partial charge is 0.461 e. The Morgan fingerprint density at radius 1 is 1.50 bits per heavy atom. The Morgan fingerprint density at radius 3 is 2.75 bits per heavy atom. The minimum absolute atomic E-state index is 0.325. The maximum Gasteiger partial charge on any atom is 0.357 e. The Hall–Kier alpha value is -1.14. The minimum atomic E-state index is -0.357. The first-order valence-corrected chi connectivity index (χ1v) is 7.84. The second kappa shape index (κ2) is 8.21. The van der Waals surface area contributed by atoms with Crippen molar-refractivity contribution in [2.24, 2.45) is 5.92 Å². The standard InChI is InChI=1S/C14H25N3O2S/c1-6-19-13(18)12-9-20-14(16-12)15-11(7-10(2)3)8-17(4)5/h9-11H,6-8H2,1-5H3,(H,15,16). The summed E-state index contributed by atoms with van der Waals surface area (Å²) in [5.74, 6) is 0.252. The molecule has 1 rings (SSSR count). The molecular formula is C14H25N3O2S. The molecule has 1 aromatic rings. The third-order valence-corrected chi connectivity index (χ3v) is 3.43. The first-order valence-electron chi connectivity index (χ1n) is 6.96. The number of carbonyl (C=O) groups excluding carboxylic acids is 1. The van der Waals surface area contributed by atoms with Gasteiger partial charge in [0.1, 0.15) is 0 Å². The fourth-order valence-corrected chi connectivity index (χ4v) is 2.76. The molecule has 5 nitrogen and oxygen atoms in total. The van der Waals surface area contributed by atoms with Gasteiger partial charge in [0.25, 0.3) is 0 Å². The van der Waals surface area contributed by atoms with E-state index >= 15 is 0 Å². The van der Waals surface area contributed by atoms with Crippen LogP contribution in [-0.4, -0.2) is 49.1 Å². The average molecular weight is 299 g/mol. The monoisotopic (exact) mass is 299 g/mol. The van der Waals surface area contributed by atoms with Crippen molar-refractivity contribution in [2.75, 3.05) is 32.6 Å². The van der Waals surface area contributed by atoms with Crippen molar-refractivity contribution in [1.82, 2.24) is 9.88 Å². The molecule has 0 fully saturated rings. The molecule has 1 aromatic heterocycles. The number of thiazole rings is 1. The van der Waals surface area contributed by atoms with E-state index in [4.69, 9.17) is 4.74 Å². The highest BCUT2D eigenvalue weighted by Gasteiger charge is 2.16. The Balaban J connectivity index is 2.66. The molecule has 20 heavy (non-hydrogen) atoms. The second-order valence-corrected chi connectivity index (χ2v) is 6.35. The van der Waals surface area contributed by atoms with E-state index in [-0.39, 0.29) is 5.97 Å². The third kappa shape index (κ3) is 5.88. The molecule has 114 valence electrons. The van der Waals surface area contributed by atoms with Gasteiger partial charge in [-0.05, 0) is 33.4 Å². The number of nitrogens with one attached hydrogen (secondary N) is 1. The number of anilines is 1. The zero-order valence-corrected chi connectivity index (χ0v) is 13.8. The van der Waals surface area contributed by atoms with Gasteiger partial charge in [0.15, 0.2) is 10.8 Å². The van der Waals surface area contributed by atoms with E-state index in [0.29, 0.717) is 24.3 Å². The summed E-state index contributed by atoms with van der Waals surface area (Å²) in [5, 5.41) is 5.93. The van der Waals surface area contributed by atoms with Crippen LogP contribution in [0.1, 0.15) is 37.7 Å². The fourth-order valence-electron chi connectivity index (χ4n) is 2.00. The van der Waals surface area contributed by atoms with Gasteiger partial charge in [-0.25, -0.2) is 9.78 Å². The van der Waals surface area contributed by atoms with Crippen LogP contribution in [0.15, 0.2) is 5.38 Å². The van der Waals surface area contributed by atoms with Crippen molar-refractivity contribution in [3.63, 3.8) is 0 Å². The lowest BCUT2D eigenvalue weighted by Gasteiger charge is -2.23. The zero-order chi connectivity index (χ0) is 15.1. The fraction of sp³-hybridized carbons (Fsp3) is 0.714. The quantitative estimate of drug-likeness (QED) is 0.748. The number of hydrogen-bond donors (Lipinski definition) is 1. The van der Waals surface area contributed by atoms with E-state index in [1.54, 1.807) is 12.3 Å². The predicted octanol–water partition coefficient (Wildman–Crippen LogP) is 2.71. The van der Waals surface area contributed by atoms with Gasteiger partial charge in [-0.1, -0.05) is 13.8 Å². The van der Waals surface area contributed by atoms with Gasteiger partial charge >= 0.3 is 5.97 Å². The summed E-state index contributed by atoms with van der Waals surface area (Å²) < 4.78 is 4.94. The zero-order valence-electron chi connectivity index (χ0n) is 13.0. The van der Waals surface area contributed by atoms with Crippen LogP contribution in [-0.2, 0) is 4.74 Å². The molecule has 0 saturated heterocycles. The van der Waals surface area contributed by atoms with Gasteiger partial charge in [-0.15, -0.1) is 11.3 Å². The lowest BCUT2D eigenvalue weighted by atomic mass is 10.0. The minimum Gasteiger partial charge on any atom is -0.461 e. The summed E-state index contributed by atoms with van der Waals surface area (Å²) in [6.45, 7) is 7.51. The molecule has 0 aliphatic carbocycles. The molecule has 6 heteroatoms. The summed E-state index contributed by atoms with van der Waals surface area (Å²) in [6, 6.07) is 0.325. The van der Waals surface area contributed by atoms with Crippen molar-refractivity contribution < 1.29 is 9.53 Å². The topological polar surface area (TPSA) is 54.5 Å². The summed E-state index contributed by atoms with van der Waals surface area (Å²) in [4.78, 5) is 18.0. The van der Waals surface area contributed by atoms with Crippen LogP contribution in [0.5, 0.6) is 0 Å². The maximum atomic E-state index is 11.6. The SMILES string of the molecule is CCOC(=O)c1csc(NC(CC(C)C)CN(C)C)n1. The number of esters is 1. The lowest BCUT2D eigenvalue weighted by molar-refractivity contribution is 0.0520. The van der Waals surface area contributed by atoms with Crippen LogP contribution in [0.25, 0.3) is 0 Å². The molecule has 1 heterocycles. The highest BCUT2D eigenvalue weighted by atomic mass is 32.1. The van der Waals surface area contributed by atoms with Crippen molar-refractivity contribution in [2.45, 2.75) is 33.2 Å². The van der Waals surface area contributed by atoms with Crippen LogP contribution < -0.4 is 5.32 Å². The number of ether oxygens (including phenoxy) is 1. The molecule has 0 radical (unpaired) electrons. The maximum absolute atomic E-state index is 11.6. The molecule has 0 bridgehead atoms. The molecular weight excluding hydrogens is 274 g/mol. The molecule has 0 aromatic carbocycles. The average Bonchev–Trinajstić information content (AvgIpc) is 2.76. The molecule has 1 atom stereocenters. The van der Waals surface area contributed by atoms with E-state index in [9.17, 15) is 4.79 Å². The molecule has 0 aliphatic rings.